The van der Waals surface area contributed by atoms with E-state index < -0.39 is 5.60 Å². The summed E-state index contributed by atoms with van der Waals surface area (Å²) in [5.41, 5.74) is 17.9. The molecule has 0 atom stereocenters. The van der Waals surface area contributed by atoms with E-state index in [4.69, 9.17) is 10.5 Å². The van der Waals surface area contributed by atoms with Crippen molar-refractivity contribution in [1.29, 1.82) is 0 Å². The number of esters is 1. The fourth-order valence-electron chi connectivity index (χ4n) is 7.14. The Kier molecular flexibility index (Phi) is 13.0. The first kappa shape index (κ1) is 43.0. The second-order valence-electron chi connectivity index (χ2n) is 16.7. The van der Waals surface area contributed by atoms with Gasteiger partial charge in [0.1, 0.15) is 28.2 Å². The highest BCUT2D eigenvalue weighted by atomic mass is 16.6. The third-order valence-corrected chi connectivity index (χ3v) is 10.2. The Balaban J connectivity index is 0.000000158. The van der Waals surface area contributed by atoms with Crippen molar-refractivity contribution in [3.8, 4) is 0 Å². The number of H-pyrrole nitrogens is 3. The largest absolute Gasteiger partial charge is 0.460 e. The number of aromatic nitrogens is 10. The zero-order valence-corrected chi connectivity index (χ0v) is 36.3. The van der Waals surface area contributed by atoms with Gasteiger partial charge >= 0.3 is 5.97 Å². The van der Waals surface area contributed by atoms with Gasteiger partial charge in [0, 0.05) is 83.8 Å². The van der Waals surface area contributed by atoms with Gasteiger partial charge in [-0.2, -0.15) is 0 Å². The van der Waals surface area contributed by atoms with E-state index in [1.165, 1.54) is 0 Å². The molecule has 9 rings (SSSR count). The van der Waals surface area contributed by atoms with Gasteiger partial charge in [0.15, 0.2) is 5.78 Å². The molecule has 0 amide bonds. The molecule has 0 saturated carbocycles. The molecule has 8 heterocycles. The van der Waals surface area contributed by atoms with Crippen molar-refractivity contribution in [3.63, 3.8) is 0 Å². The number of hydrogen-bond acceptors (Lipinski definition) is 10. The molecule has 0 aliphatic carbocycles. The van der Waals surface area contributed by atoms with E-state index in [1.807, 2.05) is 104 Å². The smallest absolute Gasteiger partial charge is 0.306 e. The molecule has 14 nitrogen and oxygen atoms in total. The Hall–Kier alpha value is -7.06. The molecule has 318 valence electrons. The van der Waals surface area contributed by atoms with Gasteiger partial charge in [-0.3, -0.25) is 14.6 Å². The van der Waals surface area contributed by atoms with Gasteiger partial charge in [-0.15, -0.1) is 5.10 Å². The zero-order chi connectivity index (χ0) is 44.0. The van der Waals surface area contributed by atoms with Gasteiger partial charge in [0.2, 0.25) is 0 Å². The van der Waals surface area contributed by atoms with Crippen LogP contribution in [0.25, 0.3) is 44.0 Å². The highest BCUT2D eigenvalue weighted by molar-refractivity contribution is 5.94. The molecule has 8 aromatic heterocycles. The highest BCUT2D eigenvalue weighted by Crippen LogP contribution is 2.22. The summed E-state index contributed by atoms with van der Waals surface area (Å²) in [5, 5.41) is 12.6. The van der Waals surface area contributed by atoms with Gasteiger partial charge in [0.05, 0.1) is 18.3 Å². The molecule has 0 aliphatic rings. The summed E-state index contributed by atoms with van der Waals surface area (Å²) >= 11 is 0. The molecule has 9 aromatic rings. The van der Waals surface area contributed by atoms with Crippen molar-refractivity contribution in [2.24, 2.45) is 5.73 Å². The van der Waals surface area contributed by atoms with Crippen LogP contribution < -0.4 is 5.73 Å². The van der Waals surface area contributed by atoms with Crippen LogP contribution in [0.5, 0.6) is 0 Å². The van der Waals surface area contributed by atoms with E-state index >= 15 is 0 Å². The van der Waals surface area contributed by atoms with Crippen molar-refractivity contribution in [2.45, 2.75) is 92.8 Å². The number of nitrogens with one attached hydrogen (secondary N) is 3. The van der Waals surface area contributed by atoms with Gasteiger partial charge < -0.3 is 25.4 Å². The van der Waals surface area contributed by atoms with Crippen LogP contribution in [0.2, 0.25) is 0 Å². The standard InChI is InChI=1S/C24H22N6O.C15H20N2O2.C9H11N3/c1-15-9-20-19(12-26-24(20)25-11-15)6-8-23(31)22-14-30(29-28-22)13-17-4-7-21-18(10-17)5-3-16(2)27-21;1-10-7-12-11(9-17-14(12)16-8-10)5-6-13(18)19-15(2,3)4;1-6-2-8-7(3-10)5-12-9(8)11-4-6/h3-5,7,9-12,14H,6,8,13H2,1-2H3,(H,25,26);7-9H,5-6H2,1-4H3,(H,16,17);2,4-5H,3,10H2,1H3,(H,11,12). The number of ether oxygens (including phenoxy) is 1. The number of benzene rings is 1. The minimum Gasteiger partial charge on any atom is -0.460 e. The number of carbonyl (C=O) groups is 2. The number of fused-ring (bicyclic) bond motifs is 4. The van der Waals surface area contributed by atoms with Gasteiger partial charge in [0.25, 0.3) is 0 Å². The Bertz CT molecular complexity index is 3000. The lowest BCUT2D eigenvalue weighted by atomic mass is 10.1. The maximum Gasteiger partial charge on any atom is 0.306 e. The zero-order valence-electron chi connectivity index (χ0n) is 36.3. The van der Waals surface area contributed by atoms with Gasteiger partial charge in [-0.1, -0.05) is 17.3 Å². The Morgan fingerprint density at radius 1 is 0.710 bits per heavy atom. The number of Topliss-reactive ketones (excluding diaryl/α,β-unsaturated/α-hetero) is 1. The summed E-state index contributed by atoms with van der Waals surface area (Å²) in [4.78, 5) is 51.2. The Labute approximate surface area is 359 Å². The number of aromatic amines is 3. The molecule has 5 N–H and O–H groups in total. The molecular formula is C48H53N11O3. The maximum absolute atomic E-state index is 12.7. The summed E-state index contributed by atoms with van der Waals surface area (Å²) in [6.45, 7) is 14.8. The molecule has 0 unspecified atom stereocenters. The van der Waals surface area contributed by atoms with Crippen molar-refractivity contribution >= 4 is 55.8 Å². The lowest BCUT2D eigenvalue weighted by Gasteiger charge is -2.19. The monoisotopic (exact) mass is 831 g/mol. The quantitative estimate of drug-likeness (QED) is 0.0764. The molecule has 0 spiro atoms. The van der Waals surface area contributed by atoms with Crippen LogP contribution in [-0.2, 0) is 35.5 Å². The van der Waals surface area contributed by atoms with Crippen molar-refractivity contribution in [3.05, 3.63) is 142 Å². The molecule has 0 saturated heterocycles. The second kappa shape index (κ2) is 18.7. The number of hydrogen-bond donors (Lipinski definition) is 4. The highest BCUT2D eigenvalue weighted by Gasteiger charge is 2.17. The predicted octanol–water partition coefficient (Wildman–Crippen LogP) is 8.66. The maximum atomic E-state index is 12.7. The molecule has 1 aromatic carbocycles. The number of nitrogens with two attached hydrogens (primary N) is 1. The minimum atomic E-state index is -0.421. The second-order valence-corrected chi connectivity index (χ2v) is 16.7. The first-order valence-electron chi connectivity index (χ1n) is 20.7. The number of rotatable bonds is 10. The molecule has 0 aliphatic heterocycles. The van der Waals surface area contributed by atoms with Crippen LogP contribution in [0.4, 0.5) is 0 Å². The first-order chi connectivity index (χ1) is 29.7. The lowest BCUT2D eigenvalue weighted by Crippen LogP contribution is -2.23. The fourth-order valence-corrected chi connectivity index (χ4v) is 7.14. The van der Waals surface area contributed by atoms with Crippen LogP contribution in [0.1, 0.15) is 88.7 Å². The van der Waals surface area contributed by atoms with E-state index in [0.717, 1.165) is 88.6 Å². The van der Waals surface area contributed by atoms with Crippen molar-refractivity contribution in [2.75, 3.05) is 0 Å². The minimum absolute atomic E-state index is 0.0144. The Morgan fingerprint density at radius 2 is 1.26 bits per heavy atom. The third-order valence-electron chi connectivity index (χ3n) is 10.2. The summed E-state index contributed by atoms with van der Waals surface area (Å²) in [6.07, 6.45) is 15.1. The van der Waals surface area contributed by atoms with E-state index in [9.17, 15) is 9.59 Å². The van der Waals surface area contributed by atoms with E-state index in [0.29, 0.717) is 44.5 Å². The lowest BCUT2D eigenvalue weighted by molar-refractivity contribution is -0.154. The molecule has 0 radical (unpaired) electrons. The van der Waals surface area contributed by atoms with Gasteiger partial charge in [-0.05, 0) is 137 Å². The van der Waals surface area contributed by atoms with E-state index in [1.54, 1.807) is 10.9 Å². The third kappa shape index (κ3) is 10.8. The van der Waals surface area contributed by atoms with Crippen LogP contribution in [0.3, 0.4) is 0 Å². The number of pyridine rings is 4. The van der Waals surface area contributed by atoms with Gasteiger partial charge in [-0.25, -0.2) is 19.6 Å². The molecular weight excluding hydrogens is 779 g/mol. The molecule has 0 fully saturated rings. The number of nitrogens with zero attached hydrogens (tertiary/aromatic N) is 7. The number of carbonyl (C=O) groups excluding carboxylic acids is 2. The average Bonchev–Trinajstić information content (AvgIpc) is 4.05. The summed E-state index contributed by atoms with van der Waals surface area (Å²) in [7, 11) is 0. The van der Waals surface area contributed by atoms with Crippen LogP contribution in [-0.4, -0.2) is 67.2 Å². The van der Waals surface area contributed by atoms with E-state index in [2.05, 4.69) is 75.5 Å². The van der Waals surface area contributed by atoms with Crippen molar-refractivity contribution in [1.82, 2.24) is 49.9 Å². The first-order valence-corrected chi connectivity index (χ1v) is 20.7. The summed E-state index contributed by atoms with van der Waals surface area (Å²) < 4.78 is 7.01. The molecule has 0 bridgehead atoms. The average molecular weight is 832 g/mol. The SMILES string of the molecule is Cc1cnc2[nH]cc(CCC(=O)OC(C)(C)C)c2c1.Cc1cnc2[nH]cc(CCC(=O)c3cn(Cc4ccc5nc(C)ccc5c4)nn3)c2c1.Cc1cnc2[nH]cc(CN)c2c1. The topological polar surface area (TPSA) is 199 Å². The fraction of sp³-hybridized carbons (Fsp3) is 0.292. The van der Waals surface area contributed by atoms with Crippen LogP contribution >= 0.6 is 0 Å². The molecule has 14 heteroatoms. The van der Waals surface area contributed by atoms with E-state index in [-0.39, 0.29) is 11.8 Å². The van der Waals surface area contributed by atoms with Crippen LogP contribution in [0, 0.1) is 27.7 Å². The molecule has 62 heavy (non-hydrogen) atoms. The number of ketones is 1. The van der Waals surface area contributed by atoms with Crippen molar-refractivity contribution < 1.29 is 14.3 Å². The normalized spacial score (nSPS) is 11.4. The number of aryl methyl sites for hydroxylation is 6. The Morgan fingerprint density at radius 3 is 1.82 bits per heavy atom. The predicted molar refractivity (Wildman–Crippen MR) is 243 cm³/mol. The van der Waals surface area contributed by atoms with Crippen LogP contribution in [0.15, 0.2) is 91.9 Å². The summed E-state index contributed by atoms with van der Waals surface area (Å²) in [5.74, 6) is -0.179. The summed E-state index contributed by atoms with van der Waals surface area (Å²) in [6, 6.07) is 16.5.